The highest BCUT2D eigenvalue weighted by Gasteiger charge is 2.20. The number of ether oxygens (including phenoxy) is 1. The minimum absolute atomic E-state index is 0.00735. The van der Waals surface area contributed by atoms with Gasteiger partial charge in [-0.15, -0.1) is 0 Å². The average molecular weight is 383 g/mol. The summed E-state index contributed by atoms with van der Waals surface area (Å²) in [6.45, 7) is 2.28. The van der Waals surface area contributed by atoms with Gasteiger partial charge in [0.2, 0.25) is 5.91 Å². The first kappa shape index (κ1) is 19.3. The second kappa shape index (κ2) is 8.51. The summed E-state index contributed by atoms with van der Waals surface area (Å²) in [6, 6.07) is 12.0. The molecule has 1 N–H and O–H groups in total. The third kappa shape index (κ3) is 4.46. The molecule has 0 spiro atoms. The van der Waals surface area contributed by atoms with Crippen LogP contribution in [-0.4, -0.2) is 29.8 Å². The molecule has 1 amide bonds. The predicted molar refractivity (Wildman–Crippen MR) is 103 cm³/mol. The number of anilines is 1. The number of rotatable bonds is 8. The number of nitrogens with one attached hydrogen (secondary N) is 1. The van der Waals surface area contributed by atoms with Gasteiger partial charge in [-0.05, 0) is 43.5 Å². The van der Waals surface area contributed by atoms with E-state index in [1.165, 1.54) is 30.7 Å². The summed E-state index contributed by atoms with van der Waals surface area (Å²) in [7, 11) is 0. The number of nitro groups is 1. The Hall–Kier alpha value is -3.42. The van der Waals surface area contributed by atoms with Crippen LogP contribution in [0.3, 0.4) is 0 Å². The number of hydrogen-bond acceptors (Lipinski definition) is 6. The molecule has 2 aromatic carbocycles. The Bertz CT molecular complexity index is 912. The number of hydrazine groups is 1. The second-order valence-electron chi connectivity index (χ2n) is 6.51. The van der Waals surface area contributed by atoms with Crippen LogP contribution in [0.25, 0.3) is 0 Å². The Kier molecular flexibility index (Phi) is 5.88. The zero-order valence-corrected chi connectivity index (χ0v) is 15.5. The molecule has 8 heteroatoms. The zero-order valence-electron chi connectivity index (χ0n) is 15.5. The monoisotopic (exact) mass is 383 g/mol. The van der Waals surface area contributed by atoms with Gasteiger partial charge in [0, 0.05) is 19.0 Å². The fourth-order valence-corrected chi connectivity index (χ4v) is 3.13. The number of carbonyl (C=O) groups is 2. The van der Waals surface area contributed by atoms with E-state index in [1.807, 2.05) is 23.2 Å². The van der Waals surface area contributed by atoms with Crippen LogP contribution in [0.2, 0.25) is 0 Å². The summed E-state index contributed by atoms with van der Waals surface area (Å²) in [4.78, 5) is 34.1. The molecular weight excluding hydrogens is 362 g/mol. The fraction of sp³-hybridized carbons (Fsp3) is 0.300. The van der Waals surface area contributed by atoms with E-state index in [4.69, 9.17) is 4.74 Å². The number of Topliss-reactive ketones (excluding diaryl/α,β-unsaturated/α-hetero) is 1. The van der Waals surface area contributed by atoms with Crippen molar-refractivity contribution < 1.29 is 19.2 Å². The van der Waals surface area contributed by atoms with Crippen LogP contribution in [0.4, 0.5) is 11.4 Å². The van der Waals surface area contributed by atoms with Crippen molar-refractivity contribution >= 4 is 23.1 Å². The third-order valence-electron chi connectivity index (χ3n) is 4.51. The van der Waals surface area contributed by atoms with E-state index in [0.717, 1.165) is 18.7 Å². The number of ketones is 1. The number of nitrogens with zero attached hydrogens (tertiary/aromatic N) is 2. The number of hydrogen-bond donors (Lipinski definition) is 1. The largest absolute Gasteiger partial charge is 0.494 e. The number of fused-ring (bicyclic) bond motifs is 1. The smallest absolute Gasteiger partial charge is 0.280 e. The van der Waals surface area contributed by atoms with Crippen molar-refractivity contribution in [2.24, 2.45) is 0 Å². The molecule has 0 atom stereocenters. The van der Waals surface area contributed by atoms with Gasteiger partial charge >= 0.3 is 0 Å². The summed E-state index contributed by atoms with van der Waals surface area (Å²) >= 11 is 0. The van der Waals surface area contributed by atoms with Crippen LogP contribution >= 0.6 is 0 Å². The van der Waals surface area contributed by atoms with Crippen LogP contribution in [-0.2, 0) is 11.2 Å². The first-order chi connectivity index (χ1) is 13.5. The van der Waals surface area contributed by atoms with Crippen molar-refractivity contribution in [3.8, 4) is 5.75 Å². The number of amides is 1. The Morgan fingerprint density at radius 2 is 2.04 bits per heavy atom. The van der Waals surface area contributed by atoms with Gasteiger partial charge in [-0.3, -0.25) is 30.1 Å². The first-order valence-electron chi connectivity index (χ1n) is 9.03. The van der Waals surface area contributed by atoms with E-state index in [2.05, 4.69) is 11.5 Å². The highest BCUT2D eigenvalue weighted by Crippen LogP contribution is 2.26. The maximum absolute atomic E-state index is 12.2. The molecule has 146 valence electrons. The first-order valence-corrected chi connectivity index (χ1v) is 9.03. The molecule has 0 aliphatic carbocycles. The normalized spacial score (nSPS) is 12.4. The minimum Gasteiger partial charge on any atom is -0.494 e. The molecule has 0 fully saturated rings. The molecule has 0 bridgehead atoms. The van der Waals surface area contributed by atoms with Crippen LogP contribution < -0.4 is 15.2 Å². The lowest BCUT2D eigenvalue weighted by molar-refractivity contribution is -0.385. The molecule has 0 unspecified atom stereocenters. The quantitative estimate of drug-likeness (QED) is 0.325. The molecule has 1 heterocycles. The summed E-state index contributed by atoms with van der Waals surface area (Å²) in [5.74, 6) is -0.138. The SMILES string of the molecule is CC(=O)c1cc(OCCCC(=O)NN2CCc3ccccc32)ccc1[N+](=O)[O-]. The minimum atomic E-state index is -0.596. The average Bonchev–Trinajstić information content (AvgIpc) is 3.08. The Labute approximate surface area is 162 Å². The van der Waals surface area contributed by atoms with Crippen molar-refractivity contribution in [2.75, 3.05) is 18.2 Å². The molecule has 0 saturated heterocycles. The lowest BCUT2D eigenvalue weighted by atomic mass is 10.1. The number of para-hydroxylation sites is 1. The van der Waals surface area contributed by atoms with Crippen LogP contribution in [0, 0.1) is 10.1 Å². The van der Waals surface area contributed by atoms with E-state index in [1.54, 1.807) is 0 Å². The lowest BCUT2D eigenvalue weighted by Crippen LogP contribution is -2.41. The molecule has 28 heavy (non-hydrogen) atoms. The third-order valence-corrected chi connectivity index (χ3v) is 4.51. The van der Waals surface area contributed by atoms with E-state index in [-0.39, 0.29) is 30.2 Å². The molecule has 0 radical (unpaired) electrons. The van der Waals surface area contributed by atoms with E-state index in [0.29, 0.717) is 12.2 Å². The fourth-order valence-electron chi connectivity index (χ4n) is 3.13. The molecule has 1 aliphatic rings. The Morgan fingerprint density at radius 1 is 1.25 bits per heavy atom. The summed E-state index contributed by atoms with van der Waals surface area (Å²) in [5.41, 5.74) is 4.90. The van der Waals surface area contributed by atoms with E-state index >= 15 is 0 Å². The molecule has 0 aromatic heterocycles. The summed E-state index contributed by atoms with van der Waals surface area (Å²) < 4.78 is 5.54. The van der Waals surface area contributed by atoms with Crippen LogP contribution in [0.1, 0.15) is 35.7 Å². The van der Waals surface area contributed by atoms with E-state index in [9.17, 15) is 19.7 Å². The lowest BCUT2D eigenvalue weighted by Gasteiger charge is -2.20. The molecule has 8 nitrogen and oxygen atoms in total. The van der Waals surface area contributed by atoms with Crippen molar-refractivity contribution in [1.82, 2.24) is 5.43 Å². The summed E-state index contributed by atoms with van der Waals surface area (Å²) in [6.07, 6.45) is 1.66. The summed E-state index contributed by atoms with van der Waals surface area (Å²) in [5, 5.41) is 12.8. The van der Waals surface area contributed by atoms with Crippen molar-refractivity contribution in [2.45, 2.75) is 26.2 Å². The standard InChI is InChI=1S/C20H21N3O5/c1-14(24)17-13-16(8-9-19(17)23(26)27)28-12-4-7-20(25)21-22-11-10-15-5-2-3-6-18(15)22/h2-3,5-6,8-9,13H,4,7,10-12H2,1H3,(H,21,25). The van der Waals surface area contributed by atoms with Gasteiger partial charge in [0.25, 0.3) is 5.69 Å². The number of carbonyl (C=O) groups excluding carboxylic acids is 2. The van der Waals surface area contributed by atoms with Gasteiger partial charge in [0.05, 0.1) is 22.8 Å². The van der Waals surface area contributed by atoms with Gasteiger partial charge in [-0.1, -0.05) is 18.2 Å². The van der Waals surface area contributed by atoms with Gasteiger partial charge in [0.15, 0.2) is 5.78 Å². The zero-order chi connectivity index (χ0) is 20.1. The highest BCUT2D eigenvalue weighted by molar-refractivity contribution is 5.98. The maximum Gasteiger partial charge on any atom is 0.280 e. The molecule has 1 aliphatic heterocycles. The van der Waals surface area contributed by atoms with Crippen LogP contribution in [0.5, 0.6) is 5.75 Å². The highest BCUT2D eigenvalue weighted by atomic mass is 16.6. The topological polar surface area (TPSA) is 102 Å². The molecular formula is C20H21N3O5. The molecule has 0 saturated carbocycles. The molecule has 3 rings (SSSR count). The second-order valence-corrected chi connectivity index (χ2v) is 6.51. The van der Waals surface area contributed by atoms with Gasteiger partial charge in [-0.2, -0.15) is 0 Å². The Morgan fingerprint density at radius 3 is 2.79 bits per heavy atom. The van der Waals surface area contributed by atoms with Gasteiger partial charge in [0.1, 0.15) is 5.75 Å². The van der Waals surface area contributed by atoms with Crippen molar-refractivity contribution in [3.05, 3.63) is 63.7 Å². The van der Waals surface area contributed by atoms with Crippen molar-refractivity contribution in [3.63, 3.8) is 0 Å². The van der Waals surface area contributed by atoms with Gasteiger partial charge < -0.3 is 4.74 Å². The Balaban J connectivity index is 1.47. The van der Waals surface area contributed by atoms with Crippen molar-refractivity contribution in [1.29, 1.82) is 0 Å². The number of benzene rings is 2. The molecule has 2 aromatic rings. The van der Waals surface area contributed by atoms with Gasteiger partial charge in [-0.25, -0.2) is 0 Å². The predicted octanol–water partition coefficient (Wildman–Crippen LogP) is 3.05. The number of nitro benzene ring substituents is 1. The van der Waals surface area contributed by atoms with Crippen LogP contribution in [0.15, 0.2) is 42.5 Å². The van der Waals surface area contributed by atoms with E-state index < -0.39 is 10.7 Å². The maximum atomic E-state index is 12.2.